The summed E-state index contributed by atoms with van der Waals surface area (Å²) in [6.45, 7) is 6.32. The molecule has 0 fully saturated rings. The third-order valence-electron chi connectivity index (χ3n) is 3.06. The first-order valence-electron chi connectivity index (χ1n) is 6.36. The normalized spacial score (nSPS) is 13.9. The van der Waals surface area contributed by atoms with Crippen LogP contribution in [0, 0.1) is 6.92 Å². The third-order valence-corrected chi connectivity index (χ3v) is 3.67. The van der Waals surface area contributed by atoms with Crippen LogP contribution in [0.5, 0.6) is 0 Å². The highest BCUT2D eigenvalue weighted by Crippen LogP contribution is 2.11. The van der Waals surface area contributed by atoms with Gasteiger partial charge in [-0.3, -0.25) is 14.8 Å². The van der Waals surface area contributed by atoms with Crippen molar-refractivity contribution in [1.82, 2.24) is 25.3 Å². The van der Waals surface area contributed by atoms with Gasteiger partial charge in [-0.15, -0.1) is 10.2 Å². The lowest BCUT2D eigenvalue weighted by Gasteiger charge is -2.21. The quantitative estimate of drug-likeness (QED) is 0.837. The fourth-order valence-corrected chi connectivity index (χ4v) is 2.16. The molecule has 108 valence electrons. The predicted molar refractivity (Wildman–Crippen MR) is 77.7 cm³/mol. The maximum Gasteiger partial charge on any atom is 0.240 e. The van der Waals surface area contributed by atoms with Crippen molar-refractivity contribution in [3.05, 3.63) is 23.5 Å². The first-order chi connectivity index (χ1) is 9.56. The summed E-state index contributed by atoms with van der Waals surface area (Å²) in [4.78, 5) is 11.7. The lowest BCUT2D eigenvalue weighted by atomic mass is 10.2. The predicted octanol–water partition coefficient (Wildman–Crippen LogP) is 1.22. The Morgan fingerprint density at radius 1 is 1.50 bits per heavy atom. The first-order valence-corrected chi connectivity index (χ1v) is 7.24. The molecule has 0 bridgehead atoms. The van der Waals surface area contributed by atoms with Gasteiger partial charge in [0.2, 0.25) is 11.0 Å². The minimum atomic E-state index is -0.127. The molecule has 2 atom stereocenters. The number of amides is 1. The Balaban J connectivity index is 1.79. The van der Waals surface area contributed by atoms with Crippen LogP contribution in [0.15, 0.2) is 17.9 Å². The van der Waals surface area contributed by atoms with E-state index in [1.54, 1.807) is 5.51 Å². The van der Waals surface area contributed by atoms with Crippen LogP contribution >= 0.6 is 11.3 Å². The van der Waals surface area contributed by atoms with Crippen molar-refractivity contribution in [3.63, 3.8) is 0 Å². The van der Waals surface area contributed by atoms with Gasteiger partial charge in [-0.2, -0.15) is 5.10 Å². The van der Waals surface area contributed by atoms with E-state index in [9.17, 15) is 4.79 Å². The maximum atomic E-state index is 11.7. The van der Waals surface area contributed by atoms with Crippen molar-refractivity contribution in [3.8, 4) is 0 Å². The molecule has 8 heteroatoms. The molecule has 0 spiro atoms. The van der Waals surface area contributed by atoms with Gasteiger partial charge in [-0.25, -0.2) is 0 Å². The summed E-state index contributed by atoms with van der Waals surface area (Å²) in [5.41, 5.74) is 2.70. The van der Waals surface area contributed by atoms with E-state index >= 15 is 0 Å². The molecule has 7 nitrogen and oxygen atoms in total. The van der Waals surface area contributed by atoms with Crippen LogP contribution in [0.1, 0.15) is 25.5 Å². The van der Waals surface area contributed by atoms with Gasteiger partial charge in [-0.05, 0) is 26.3 Å². The standard InChI is InChI=1S/C12H18N6OS/c1-8-4-15-18(6-8)10(3)9(2)13-5-11(19)16-12-17-14-7-20-12/h4,6-7,9-10,13H,5H2,1-3H3,(H,16,17,19)/t9-,10+/m0/s1. The fourth-order valence-electron chi connectivity index (χ4n) is 1.70. The molecule has 0 aliphatic carbocycles. The zero-order chi connectivity index (χ0) is 14.5. The van der Waals surface area contributed by atoms with Gasteiger partial charge in [0.1, 0.15) is 5.51 Å². The fraction of sp³-hybridized carbons (Fsp3) is 0.500. The van der Waals surface area contributed by atoms with Crippen molar-refractivity contribution >= 4 is 22.4 Å². The number of carbonyl (C=O) groups is 1. The van der Waals surface area contributed by atoms with Crippen LogP contribution in [0.4, 0.5) is 5.13 Å². The van der Waals surface area contributed by atoms with E-state index in [4.69, 9.17) is 0 Å². The minimum Gasteiger partial charge on any atom is -0.304 e. The molecule has 0 unspecified atom stereocenters. The number of anilines is 1. The molecule has 2 N–H and O–H groups in total. The molecular formula is C12H18N6OS. The molecule has 0 saturated heterocycles. The SMILES string of the molecule is Cc1cnn([C@H](C)[C@H](C)NCC(=O)Nc2nncs2)c1. The molecule has 0 aromatic carbocycles. The van der Waals surface area contributed by atoms with Crippen LogP contribution in [0.3, 0.4) is 0 Å². The van der Waals surface area contributed by atoms with Crippen LogP contribution in [0.25, 0.3) is 0 Å². The highest BCUT2D eigenvalue weighted by Gasteiger charge is 2.15. The van der Waals surface area contributed by atoms with Gasteiger partial charge in [0.25, 0.3) is 0 Å². The van der Waals surface area contributed by atoms with Gasteiger partial charge >= 0.3 is 0 Å². The van der Waals surface area contributed by atoms with E-state index in [1.807, 2.05) is 30.9 Å². The summed E-state index contributed by atoms with van der Waals surface area (Å²) in [7, 11) is 0. The first kappa shape index (κ1) is 14.6. The summed E-state index contributed by atoms with van der Waals surface area (Å²) in [6.07, 6.45) is 3.82. The Morgan fingerprint density at radius 2 is 2.30 bits per heavy atom. The number of aromatic nitrogens is 4. The van der Waals surface area contributed by atoms with Crippen molar-refractivity contribution in [1.29, 1.82) is 0 Å². The maximum absolute atomic E-state index is 11.7. The summed E-state index contributed by atoms with van der Waals surface area (Å²) in [6, 6.07) is 0.285. The van der Waals surface area contributed by atoms with E-state index in [0.29, 0.717) is 5.13 Å². The average molecular weight is 294 g/mol. The lowest BCUT2D eigenvalue weighted by molar-refractivity contribution is -0.115. The third kappa shape index (κ3) is 3.84. The van der Waals surface area contributed by atoms with Crippen LogP contribution in [0.2, 0.25) is 0 Å². The molecule has 0 aliphatic heterocycles. The number of hydrogen-bond acceptors (Lipinski definition) is 6. The Kier molecular flexibility index (Phi) is 4.80. The van der Waals surface area contributed by atoms with Crippen molar-refractivity contribution < 1.29 is 4.79 Å². The second-order valence-corrected chi connectivity index (χ2v) is 5.53. The van der Waals surface area contributed by atoms with E-state index in [2.05, 4.69) is 32.9 Å². The van der Waals surface area contributed by atoms with E-state index in [0.717, 1.165) is 5.56 Å². The summed E-state index contributed by atoms with van der Waals surface area (Å²) in [5.74, 6) is -0.127. The Labute approximate surface area is 121 Å². The highest BCUT2D eigenvalue weighted by atomic mass is 32.1. The molecule has 20 heavy (non-hydrogen) atoms. The highest BCUT2D eigenvalue weighted by molar-refractivity contribution is 7.13. The monoisotopic (exact) mass is 294 g/mol. The van der Waals surface area contributed by atoms with Crippen LogP contribution < -0.4 is 10.6 Å². The largest absolute Gasteiger partial charge is 0.304 e. The topological polar surface area (TPSA) is 84.7 Å². The smallest absolute Gasteiger partial charge is 0.240 e. The Bertz CT molecular complexity index is 552. The molecule has 0 aliphatic rings. The number of nitrogens with zero attached hydrogens (tertiary/aromatic N) is 4. The van der Waals surface area contributed by atoms with Crippen molar-refractivity contribution in [2.24, 2.45) is 0 Å². The van der Waals surface area contributed by atoms with Gasteiger partial charge in [0.15, 0.2) is 0 Å². The van der Waals surface area contributed by atoms with Crippen LogP contribution in [-0.2, 0) is 4.79 Å². The van der Waals surface area contributed by atoms with E-state index in [1.165, 1.54) is 11.3 Å². The van der Waals surface area contributed by atoms with Gasteiger partial charge < -0.3 is 5.32 Å². The van der Waals surface area contributed by atoms with Gasteiger partial charge in [0.05, 0.1) is 18.8 Å². The number of hydrogen-bond donors (Lipinski definition) is 2. The van der Waals surface area contributed by atoms with E-state index < -0.39 is 0 Å². The zero-order valence-corrected chi connectivity index (χ0v) is 12.5. The molecule has 0 saturated carbocycles. The molecule has 1 amide bonds. The summed E-state index contributed by atoms with van der Waals surface area (Å²) < 4.78 is 1.90. The number of aryl methyl sites for hydroxylation is 1. The zero-order valence-electron chi connectivity index (χ0n) is 11.7. The average Bonchev–Trinajstić information content (AvgIpc) is 3.06. The van der Waals surface area contributed by atoms with Crippen LogP contribution in [-0.4, -0.2) is 38.5 Å². The van der Waals surface area contributed by atoms with Gasteiger partial charge in [0, 0.05) is 12.2 Å². The van der Waals surface area contributed by atoms with E-state index in [-0.39, 0.29) is 24.5 Å². The molecule has 2 aromatic heterocycles. The molecule has 2 rings (SSSR count). The molecule has 2 heterocycles. The minimum absolute atomic E-state index is 0.120. The van der Waals surface area contributed by atoms with Crippen molar-refractivity contribution in [2.45, 2.75) is 32.9 Å². The summed E-state index contributed by atoms with van der Waals surface area (Å²) >= 11 is 1.30. The Morgan fingerprint density at radius 3 is 2.90 bits per heavy atom. The van der Waals surface area contributed by atoms with Gasteiger partial charge in [-0.1, -0.05) is 11.3 Å². The molecular weight excluding hydrogens is 276 g/mol. The number of rotatable bonds is 6. The Hall–Kier alpha value is -1.80. The molecule has 2 aromatic rings. The number of nitrogens with one attached hydrogen (secondary N) is 2. The molecule has 0 radical (unpaired) electrons. The lowest BCUT2D eigenvalue weighted by Crippen LogP contribution is -2.39. The second kappa shape index (κ2) is 6.58. The summed E-state index contributed by atoms with van der Waals surface area (Å²) in [5, 5.41) is 18.1. The van der Waals surface area contributed by atoms with Crippen molar-refractivity contribution in [2.75, 3.05) is 11.9 Å². The number of carbonyl (C=O) groups excluding carboxylic acids is 1. The second-order valence-electron chi connectivity index (χ2n) is 4.70.